The van der Waals surface area contributed by atoms with Crippen LogP contribution in [-0.4, -0.2) is 45.6 Å². The van der Waals surface area contributed by atoms with Crippen LogP contribution in [0.15, 0.2) is 0 Å². The van der Waals surface area contributed by atoms with Gasteiger partial charge in [0.15, 0.2) is 0 Å². The highest BCUT2D eigenvalue weighted by atomic mass is 32.2. The number of amides is 1. The summed E-state index contributed by atoms with van der Waals surface area (Å²) in [6.07, 6.45) is 6.22. The SMILES string of the molecule is CC1(C(=O)N2CCCC2CCCO)CCCS1. The number of thioether (sulfide) groups is 1. The van der Waals surface area contributed by atoms with Crippen molar-refractivity contribution in [3.05, 3.63) is 0 Å². The Kier molecular flexibility index (Phi) is 4.36. The van der Waals surface area contributed by atoms with Crippen LogP contribution in [-0.2, 0) is 4.79 Å². The Labute approximate surface area is 108 Å². The zero-order valence-corrected chi connectivity index (χ0v) is 11.5. The number of hydrogen-bond donors (Lipinski definition) is 1. The van der Waals surface area contributed by atoms with Gasteiger partial charge in [-0.25, -0.2) is 0 Å². The van der Waals surface area contributed by atoms with E-state index in [1.54, 1.807) is 0 Å². The standard InChI is InChI=1S/C13H23NO2S/c1-13(7-4-10-17-13)12(16)14-8-2-5-11(14)6-3-9-15/h11,15H,2-10H2,1H3. The summed E-state index contributed by atoms with van der Waals surface area (Å²) in [7, 11) is 0. The molecule has 0 radical (unpaired) electrons. The van der Waals surface area contributed by atoms with Gasteiger partial charge in [0.25, 0.3) is 0 Å². The van der Waals surface area contributed by atoms with E-state index in [0.29, 0.717) is 11.9 Å². The topological polar surface area (TPSA) is 40.5 Å². The molecule has 0 aliphatic carbocycles. The average Bonchev–Trinajstić information content (AvgIpc) is 2.95. The maximum absolute atomic E-state index is 12.6. The lowest BCUT2D eigenvalue weighted by molar-refractivity contribution is -0.134. The lowest BCUT2D eigenvalue weighted by atomic mass is 10.0. The van der Waals surface area contributed by atoms with E-state index >= 15 is 0 Å². The quantitative estimate of drug-likeness (QED) is 0.838. The smallest absolute Gasteiger partial charge is 0.238 e. The minimum Gasteiger partial charge on any atom is -0.396 e. The van der Waals surface area contributed by atoms with Gasteiger partial charge in [-0.05, 0) is 51.2 Å². The van der Waals surface area contributed by atoms with Crippen LogP contribution in [0.4, 0.5) is 0 Å². The van der Waals surface area contributed by atoms with E-state index in [0.717, 1.165) is 44.4 Å². The number of rotatable bonds is 4. The Bertz CT molecular complexity index is 277. The number of aliphatic hydroxyl groups excluding tert-OH is 1. The highest BCUT2D eigenvalue weighted by molar-refractivity contribution is 8.01. The summed E-state index contributed by atoms with van der Waals surface area (Å²) in [5, 5.41) is 8.91. The molecule has 2 saturated heterocycles. The zero-order chi connectivity index (χ0) is 12.3. The average molecular weight is 257 g/mol. The third kappa shape index (κ3) is 2.79. The van der Waals surface area contributed by atoms with E-state index in [9.17, 15) is 4.79 Å². The molecule has 17 heavy (non-hydrogen) atoms. The first-order valence-electron chi connectivity index (χ1n) is 6.73. The van der Waals surface area contributed by atoms with Gasteiger partial charge in [0, 0.05) is 19.2 Å². The van der Waals surface area contributed by atoms with Gasteiger partial charge in [-0.2, -0.15) is 0 Å². The molecule has 0 aromatic heterocycles. The summed E-state index contributed by atoms with van der Waals surface area (Å²) in [6.45, 7) is 3.27. The minimum absolute atomic E-state index is 0.165. The Morgan fingerprint density at radius 1 is 1.53 bits per heavy atom. The Balaban J connectivity index is 1.97. The Hall–Kier alpha value is -0.220. The third-order valence-corrected chi connectivity index (χ3v) is 5.51. The molecule has 2 unspecified atom stereocenters. The minimum atomic E-state index is -0.165. The molecule has 2 atom stereocenters. The van der Waals surface area contributed by atoms with Gasteiger partial charge in [-0.15, -0.1) is 11.8 Å². The van der Waals surface area contributed by atoms with E-state index in [1.807, 2.05) is 11.8 Å². The molecule has 98 valence electrons. The fourth-order valence-corrected chi connectivity index (χ4v) is 4.25. The fourth-order valence-electron chi connectivity index (χ4n) is 2.98. The molecule has 2 aliphatic heterocycles. The van der Waals surface area contributed by atoms with E-state index < -0.39 is 0 Å². The van der Waals surface area contributed by atoms with Crippen molar-refractivity contribution in [3.63, 3.8) is 0 Å². The van der Waals surface area contributed by atoms with E-state index in [2.05, 4.69) is 11.8 Å². The molecular weight excluding hydrogens is 234 g/mol. The van der Waals surface area contributed by atoms with Gasteiger partial charge in [-0.3, -0.25) is 4.79 Å². The molecule has 2 rings (SSSR count). The summed E-state index contributed by atoms with van der Waals surface area (Å²) < 4.78 is -0.165. The van der Waals surface area contributed by atoms with Crippen molar-refractivity contribution < 1.29 is 9.90 Å². The zero-order valence-electron chi connectivity index (χ0n) is 10.7. The molecule has 4 heteroatoms. The normalized spacial score (nSPS) is 33.3. The molecule has 0 spiro atoms. The predicted octanol–water partition coefficient (Wildman–Crippen LogP) is 2.04. The molecule has 0 bridgehead atoms. The first-order chi connectivity index (χ1) is 8.17. The largest absolute Gasteiger partial charge is 0.396 e. The van der Waals surface area contributed by atoms with E-state index in [-0.39, 0.29) is 11.4 Å². The Morgan fingerprint density at radius 3 is 3.00 bits per heavy atom. The second-order valence-corrected chi connectivity index (χ2v) is 6.94. The van der Waals surface area contributed by atoms with Crippen molar-refractivity contribution in [1.29, 1.82) is 0 Å². The second kappa shape index (κ2) is 5.61. The summed E-state index contributed by atoms with van der Waals surface area (Å²) in [5.74, 6) is 1.47. The van der Waals surface area contributed by atoms with E-state index in [4.69, 9.17) is 5.11 Å². The summed E-state index contributed by atoms with van der Waals surface area (Å²) in [4.78, 5) is 14.7. The third-order valence-electron chi connectivity index (χ3n) is 4.00. The van der Waals surface area contributed by atoms with Gasteiger partial charge in [0.05, 0.1) is 4.75 Å². The number of carbonyl (C=O) groups excluding carboxylic acids is 1. The summed E-state index contributed by atoms with van der Waals surface area (Å²) in [5.41, 5.74) is 0. The molecule has 0 saturated carbocycles. The van der Waals surface area contributed by atoms with Crippen LogP contribution in [0.5, 0.6) is 0 Å². The Morgan fingerprint density at radius 2 is 2.35 bits per heavy atom. The van der Waals surface area contributed by atoms with Crippen LogP contribution < -0.4 is 0 Å². The van der Waals surface area contributed by atoms with Crippen LogP contribution in [0.3, 0.4) is 0 Å². The monoisotopic (exact) mass is 257 g/mol. The number of hydrogen-bond acceptors (Lipinski definition) is 3. The summed E-state index contributed by atoms with van der Waals surface area (Å²) >= 11 is 1.82. The van der Waals surface area contributed by atoms with Gasteiger partial charge in [0.2, 0.25) is 5.91 Å². The second-order valence-electron chi connectivity index (χ2n) is 5.34. The number of nitrogens with zero attached hydrogens (tertiary/aromatic N) is 1. The van der Waals surface area contributed by atoms with Crippen LogP contribution in [0.1, 0.15) is 45.4 Å². The van der Waals surface area contributed by atoms with Crippen molar-refractivity contribution in [3.8, 4) is 0 Å². The fraction of sp³-hybridized carbons (Fsp3) is 0.923. The van der Waals surface area contributed by atoms with Gasteiger partial charge in [0.1, 0.15) is 0 Å². The van der Waals surface area contributed by atoms with Crippen molar-refractivity contribution in [2.24, 2.45) is 0 Å². The van der Waals surface area contributed by atoms with Crippen LogP contribution in [0.2, 0.25) is 0 Å². The molecule has 1 amide bonds. The van der Waals surface area contributed by atoms with Crippen LogP contribution in [0, 0.1) is 0 Å². The highest BCUT2D eigenvalue weighted by Crippen LogP contribution is 2.40. The number of carbonyl (C=O) groups is 1. The molecule has 2 heterocycles. The number of likely N-dealkylation sites (tertiary alicyclic amines) is 1. The van der Waals surface area contributed by atoms with Crippen molar-refractivity contribution in [1.82, 2.24) is 4.90 Å². The molecular formula is C13H23NO2S. The van der Waals surface area contributed by atoms with Crippen molar-refractivity contribution in [2.45, 2.75) is 56.2 Å². The van der Waals surface area contributed by atoms with Crippen LogP contribution in [0.25, 0.3) is 0 Å². The lowest BCUT2D eigenvalue weighted by Crippen LogP contribution is -2.46. The summed E-state index contributed by atoms with van der Waals surface area (Å²) in [6, 6.07) is 0.382. The maximum atomic E-state index is 12.6. The molecule has 1 N–H and O–H groups in total. The van der Waals surface area contributed by atoms with E-state index in [1.165, 1.54) is 6.42 Å². The first-order valence-corrected chi connectivity index (χ1v) is 7.72. The van der Waals surface area contributed by atoms with Crippen molar-refractivity contribution >= 4 is 17.7 Å². The highest BCUT2D eigenvalue weighted by Gasteiger charge is 2.42. The lowest BCUT2D eigenvalue weighted by Gasteiger charge is -2.32. The molecule has 2 fully saturated rings. The maximum Gasteiger partial charge on any atom is 0.238 e. The number of aliphatic hydroxyl groups is 1. The van der Waals surface area contributed by atoms with Crippen LogP contribution >= 0.6 is 11.8 Å². The molecule has 0 aromatic rings. The van der Waals surface area contributed by atoms with Gasteiger partial charge in [-0.1, -0.05) is 0 Å². The molecule has 0 aromatic carbocycles. The first kappa shape index (κ1) is 13.2. The van der Waals surface area contributed by atoms with Gasteiger partial charge < -0.3 is 10.0 Å². The van der Waals surface area contributed by atoms with Gasteiger partial charge >= 0.3 is 0 Å². The predicted molar refractivity (Wildman–Crippen MR) is 71.2 cm³/mol. The molecule has 3 nitrogen and oxygen atoms in total. The molecule has 2 aliphatic rings. The van der Waals surface area contributed by atoms with Crippen molar-refractivity contribution in [2.75, 3.05) is 18.9 Å².